The molecule has 0 aromatic heterocycles. The van der Waals surface area contributed by atoms with Gasteiger partial charge < -0.3 is 15.2 Å². The van der Waals surface area contributed by atoms with Crippen molar-refractivity contribution in [2.45, 2.75) is 44.4 Å². The predicted octanol–water partition coefficient (Wildman–Crippen LogP) is 4.47. The van der Waals surface area contributed by atoms with Crippen molar-refractivity contribution in [3.05, 3.63) is 60.2 Å². The smallest absolute Gasteiger partial charge is 0.119 e. The number of hydrogen-bond acceptors (Lipinski definition) is 3. The van der Waals surface area contributed by atoms with Crippen LogP contribution in [-0.2, 0) is 6.61 Å². The molecule has 2 N–H and O–H groups in total. The van der Waals surface area contributed by atoms with Gasteiger partial charge in [-0.25, -0.2) is 0 Å². The van der Waals surface area contributed by atoms with Gasteiger partial charge in [0.15, 0.2) is 0 Å². The quantitative estimate of drug-likeness (QED) is 0.837. The van der Waals surface area contributed by atoms with E-state index >= 15 is 0 Å². The van der Waals surface area contributed by atoms with Crippen LogP contribution in [0.5, 0.6) is 5.75 Å². The molecule has 2 aromatic carbocycles. The van der Waals surface area contributed by atoms with Crippen LogP contribution in [-0.4, -0.2) is 17.3 Å². The van der Waals surface area contributed by atoms with E-state index in [1.165, 1.54) is 31.2 Å². The van der Waals surface area contributed by atoms with Crippen molar-refractivity contribution in [3.8, 4) is 5.75 Å². The number of aliphatic hydroxyl groups excluding tert-OH is 1. The standard InChI is InChI=1S/C23H27NO2/c25-23-21-13-20(18-7-4-8-19(18)21)22(23)24-16-9-11-17(12-10-16)26-14-15-5-2-1-3-6-15/h1-3,5-6,9-12,18-25H,4,7-8,13-14H2. The topological polar surface area (TPSA) is 41.5 Å². The molecule has 3 saturated carbocycles. The first-order valence-electron chi connectivity index (χ1n) is 10.0. The molecular weight excluding hydrogens is 322 g/mol. The first-order valence-corrected chi connectivity index (χ1v) is 10.0. The normalized spacial score (nSPS) is 34.7. The zero-order chi connectivity index (χ0) is 17.5. The lowest BCUT2D eigenvalue weighted by atomic mass is 9.77. The second-order valence-electron chi connectivity index (χ2n) is 8.28. The molecule has 2 bridgehead atoms. The molecule has 3 aliphatic carbocycles. The fourth-order valence-electron chi connectivity index (χ4n) is 5.84. The van der Waals surface area contributed by atoms with E-state index in [9.17, 15) is 5.11 Å². The van der Waals surface area contributed by atoms with Crippen molar-refractivity contribution >= 4 is 5.69 Å². The number of fused-ring (bicyclic) bond motifs is 5. The Morgan fingerprint density at radius 2 is 1.62 bits per heavy atom. The molecule has 5 rings (SSSR count). The maximum absolute atomic E-state index is 10.8. The Labute approximate surface area is 155 Å². The van der Waals surface area contributed by atoms with Crippen LogP contribution in [0, 0.1) is 23.7 Å². The summed E-state index contributed by atoms with van der Waals surface area (Å²) in [5.74, 6) is 3.69. The summed E-state index contributed by atoms with van der Waals surface area (Å²) in [5.41, 5.74) is 2.26. The van der Waals surface area contributed by atoms with Gasteiger partial charge in [-0.3, -0.25) is 0 Å². The van der Waals surface area contributed by atoms with Gasteiger partial charge in [-0.2, -0.15) is 0 Å². The average molecular weight is 349 g/mol. The van der Waals surface area contributed by atoms with Crippen LogP contribution in [0.3, 0.4) is 0 Å². The SMILES string of the molecule is OC1C2CC(C3CCCC23)C1Nc1ccc(OCc2ccccc2)cc1. The fraction of sp³-hybridized carbons (Fsp3) is 0.478. The minimum Gasteiger partial charge on any atom is -0.489 e. The van der Waals surface area contributed by atoms with E-state index in [0.717, 1.165) is 23.3 Å². The van der Waals surface area contributed by atoms with E-state index < -0.39 is 0 Å². The van der Waals surface area contributed by atoms with E-state index in [4.69, 9.17) is 4.74 Å². The summed E-state index contributed by atoms with van der Waals surface area (Å²) in [7, 11) is 0. The highest BCUT2D eigenvalue weighted by atomic mass is 16.5. The van der Waals surface area contributed by atoms with E-state index in [1.54, 1.807) is 0 Å². The van der Waals surface area contributed by atoms with Gasteiger partial charge >= 0.3 is 0 Å². The molecular formula is C23H27NO2. The van der Waals surface area contributed by atoms with E-state index in [1.807, 2.05) is 30.3 Å². The van der Waals surface area contributed by atoms with Crippen molar-refractivity contribution < 1.29 is 9.84 Å². The van der Waals surface area contributed by atoms with Crippen LogP contribution >= 0.6 is 0 Å². The molecule has 0 spiro atoms. The minimum atomic E-state index is -0.187. The summed E-state index contributed by atoms with van der Waals surface area (Å²) in [6.07, 6.45) is 5.08. The van der Waals surface area contributed by atoms with Gasteiger partial charge in [-0.05, 0) is 72.8 Å². The van der Waals surface area contributed by atoms with Crippen LogP contribution in [0.2, 0.25) is 0 Å². The summed E-state index contributed by atoms with van der Waals surface area (Å²) in [5, 5.41) is 14.4. The molecule has 3 heteroatoms. The Bertz CT molecular complexity index is 745. The van der Waals surface area contributed by atoms with E-state index in [2.05, 4.69) is 29.6 Å². The maximum Gasteiger partial charge on any atom is 0.119 e. The van der Waals surface area contributed by atoms with Crippen LogP contribution in [0.1, 0.15) is 31.2 Å². The van der Waals surface area contributed by atoms with Gasteiger partial charge in [0, 0.05) is 5.69 Å². The largest absolute Gasteiger partial charge is 0.489 e. The Morgan fingerprint density at radius 3 is 2.38 bits per heavy atom. The molecule has 6 unspecified atom stereocenters. The van der Waals surface area contributed by atoms with Crippen molar-refractivity contribution in [2.24, 2.45) is 23.7 Å². The number of hydrogen-bond donors (Lipinski definition) is 2. The molecule has 0 aliphatic heterocycles. The molecule has 0 radical (unpaired) electrons. The number of nitrogens with one attached hydrogen (secondary N) is 1. The van der Waals surface area contributed by atoms with Gasteiger partial charge in [0.1, 0.15) is 12.4 Å². The highest BCUT2D eigenvalue weighted by Crippen LogP contribution is 2.59. The summed E-state index contributed by atoms with van der Waals surface area (Å²) in [4.78, 5) is 0. The Hall–Kier alpha value is -2.00. The molecule has 3 nitrogen and oxygen atoms in total. The van der Waals surface area contributed by atoms with Gasteiger partial charge in [0.2, 0.25) is 0 Å². The molecule has 0 heterocycles. The first kappa shape index (κ1) is 16.2. The summed E-state index contributed by atoms with van der Waals surface area (Å²) in [6, 6.07) is 18.6. The number of anilines is 1. The molecule has 0 saturated heterocycles. The van der Waals surface area contributed by atoms with Crippen molar-refractivity contribution in [1.29, 1.82) is 0 Å². The third kappa shape index (κ3) is 2.79. The molecule has 3 fully saturated rings. The van der Waals surface area contributed by atoms with Crippen molar-refractivity contribution in [1.82, 2.24) is 0 Å². The Kier molecular flexibility index (Phi) is 4.12. The maximum atomic E-state index is 10.8. The van der Waals surface area contributed by atoms with E-state index in [-0.39, 0.29) is 12.1 Å². The van der Waals surface area contributed by atoms with Gasteiger partial charge in [-0.15, -0.1) is 0 Å². The highest BCUT2D eigenvalue weighted by Gasteiger charge is 2.58. The second-order valence-corrected chi connectivity index (χ2v) is 8.28. The van der Waals surface area contributed by atoms with Crippen LogP contribution in [0.15, 0.2) is 54.6 Å². The molecule has 26 heavy (non-hydrogen) atoms. The summed E-state index contributed by atoms with van der Waals surface area (Å²) in [6.45, 7) is 0.585. The molecule has 136 valence electrons. The zero-order valence-electron chi connectivity index (χ0n) is 15.1. The van der Waals surface area contributed by atoms with Gasteiger partial charge in [0.05, 0.1) is 12.1 Å². The number of rotatable bonds is 5. The molecule has 2 aromatic rings. The van der Waals surface area contributed by atoms with Crippen LogP contribution < -0.4 is 10.1 Å². The summed E-state index contributed by atoms with van der Waals surface area (Å²) >= 11 is 0. The molecule has 0 amide bonds. The third-order valence-corrected chi connectivity index (χ3v) is 6.97. The molecule has 3 aliphatic rings. The average Bonchev–Trinajstić information content (AvgIpc) is 3.36. The van der Waals surface area contributed by atoms with Gasteiger partial charge in [0.25, 0.3) is 0 Å². The minimum absolute atomic E-state index is 0.187. The first-order chi connectivity index (χ1) is 12.8. The number of aliphatic hydroxyl groups is 1. The highest BCUT2D eigenvalue weighted by molar-refractivity contribution is 5.48. The van der Waals surface area contributed by atoms with Gasteiger partial charge in [-0.1, -0.05) is 36.8 Å². The lowest BCUT2D eigenvalue weighted by Crippen LogP contribution is -2.44. The van der Waals surface area contributed by atoms with Crippen LogP contribution in [0.4, 0.5) is 5.69 Å². The van der Waals surface area contributed by atoms with Crippen molar-refractivity contribution in [3.63, 3.8) is 0 Å². The third-order valence-electron chi connectivity index (χ3n) is 6.97. The Balaban J connectivity index is 1.22. The predicted molar refractivity (Wildman–Crippen MR) is 103 cm³/mol. The summed E-state index contributed by atoms with van der Waals surface area (Å²) < 4.78 is 5.87. The number of ether oxygens (including phenoxy) is 1. The van der Waals surface area contributed by atoms with E-state index in [0.29, 0.717) is 18.4 Å². The lowest BCUT2D eigenvalue weighted by Gasteiger charge is -2.36. The number of benzene rings is 2. The Morgan fingerprint density at radius 1 is 0.885 bits per heavy atom. The lowest BCUT2D eigenvalue weighted by molar-refractivity contribution is 0.0529. The fourth-order valence-corrected chi connectivity index (χ4v) is 5.84. The van der Waals surface area contributed by atoms with Crippen molar-refractivity contribution in [2.75, 3.05) is 5.32 Å². The molecule has 6 atom stereocenters. The monoisotopic (exact) mass is 349 g/mol. The zero-order valence-corrected chi connectivity index (χ0v) is 15.1. The second kappa shape index (κ2) is 6.62. The van der Waals surface area contributed by atoms with Crippen LogP contribution in [0.25, 0.3) is 0 Å².